The summed E-state index contributed by atoms with van der Waals surface area (Å²) in [6, 6.07) is 1.86. The Balaban J connectivity index is 1.20. The molecule has 6 aliphatic rings. The van der Waals surface area contributed by atoms with E-state index < -0.39 is 0 Å². The second-order valence-electron chi connectivity index (χ2n) is 12.7. The van der Waals surface area contributed by atoms with Crippen molar-refractivity contribution >= 4 is 0 Å². The first kappa shape index (κ1) is 19.6. The molecule has 2 saturated heterocycles. The Hall–Kier alpha value is -0.0800. The summed E-state index contributed by atoms with van der Waals surface area (Å²) in [6.07, 6.45) is 19.7. The van der Waals surface area contributed by atoms with Crippen LogP contribution in [0.25, 0.3) is 0 Å². The van der Waals surface area contributed by atoms with Gasteiger partial charge in [-0.3, -0.25) is 4.90 Å². The van der Waals surface area contributed by atoms with Gasteiger partial charge in [0.25, 0.3) is 0 Å². The number of likely N-dealkylation sites (tertiary alicyclic amines) is 2. The van der Waals surface area contributed by atoms with Crippen molar-refractivity contribution in [2.45, 2.75) is 109 Å². The molecule has 0 amide bonds. The van der Waals surface area contributed by atoms with Crippen LogP contribution in [0.3, 0.4) is 0 Å². The Morgan fingerprint density at radius 3 is 2.03 bits per heavy atom. The van der Waals surface area contributed by atoms with Crippen molar-refractivity contribution in [2.75, 3.05) is 26.2 Å². The van der Waals surface area contributed by atoms with E-state index in [1.807, 2.05) is 0 Å². The zero-order chi connectivity index (χ0) is 19.6. The molecule has 29 heavy (non-hydrogen) atoms. The Bertz CT molecular complexity index is 606. The van der Waals surface area contributed by atoms with Crippen molar-refractivity contribution < 1.29 is 0 Å². The largest absolute Gasteiger partial charge is 0.300 e. The van der Waals surface area contributed by atoms with E-state index in [2.05, 4.69) is 23.6 Å². The topological polar surface area (TPSA) is 6.48 Å². The first-order valence-corrected chi connectivity index (χ1v) is 13.6. The first-order valence-electron chi connectivity index (χ1n) is 13.6. The number of hydrogen-bond donors (Lipinski definition) is 0. The van der Waals surface area contributed by atoms with E-state index in [4.69, 9.17) is 0 Å². The van der Waals surface area contributed by atoms with Crippen molar-refractivity contribution in [3.05, 3.63) is 0 Å². The molecule has 0 aromatic rings. The summed E-state index contributed by atoms with van der Waals surface area (Å²) in [5.41, 5.74) is 1.31. The highest BCUT2D eigenvalue weighted by Gasteiger charge is 2.61. The van der Waals surface area contributed by atoms with E-state index in [1.54, 1.807) is 32.1 Å². The van der Waals surface area contributed by atoms with Crippen LogP contribution < -0.4 is 0 Å². The first-order chi connectivity index (χ1) is 14.1. The Morgan fingerprint density at radius 2 is 1.28 bits per heavy atom. The predicted molar refractivity (Wildman–Crippen MR) is 121 cm³/mol. The molecule has 0 unspecified atom stereocenters. The average Bonchev–Trinajstić information content (AvgIpc) is 3.47. The van der Waals surface area contributed by atoms with Gasteiger partial charge in [0.05, 0.1) is 0 Å². The van der Waals surface area contributed by atoms with Crippen LogP contribution in [-0.2, 0) is 0 Å². The molecule has 0 spiro atoms. The average molecular weight is 399 g/mol. The van der Waals surface area contributed by atoms with Crippen LogP contribution in [0.2, 0.25) is 0 Å². The summed E-state index contributed by atoms with van der Waals surface area (Å²) in [6.45, 7) is 11.1. The molecular weight excluding hydrogens is 352 g/mol. The molecular formula is C27H46N2. The standard InChI is InChI=1S/C27H46N2/c1-26-13-11-21(28-15-3-4-16-28)19-20(26)7-8-22-23-9-10-25(29-17-5-6-18-29)27(23,2)14-12-24(22)26/h20-25H,3-19H2,1-2H3/t20-,21-,22-,23-,24-,25-,26-,27-/m0/s1. The minimum absolute atomic E-state index is 0.640. The van der Waals surface area contributed by atoms with Crippen molar-refractivity contribution in [1.82, 2.24) is 9.80 Å². The van der Waals surface area contributed by atoms with Crippen LogP contribution in [-0.4, -0.2) is 48.1 Å². The van der Waals surface area contributed by atoms with Gasteiger partial charge in [-0.05, 0) is 144 Å². The van der Waals surface area contributed by atoms with Crippen LogP contribution in [0.4, 0.5) is 0 Å². The summed E-state index contributed by atoms with van der Waals surface area (Å²) in [5.74, 6) is 4.19. The molecule has 2 heteroatoms. The van der Waals surface area contributed by atoms with E-state index in [0.717, 1.165) is 35.8 Å². The van der Waals surface area contributed by atoms with Crippen LogP contribution in [0.5, 0.6) is 0 Å². The number of hydrogen-bond acceptors (Lipinski definition) is 2. The summed E-state index contributed by atoms with van der Waals surface area (Å²) >= 11 is 0. The highest BCUT2D eigenvalue weighted by Crippen LogP contribution is 2.67. The van der Waals surface area contributed by atoms with Gasteiger partial charge >= 0.3 is 0 Å². The molecule has 0 radical (unpaired) electrons. The maximum Gasteiger partial charge on any atom is 0.0152 e. The van der Waals surface area contributed by atoms with Crippen molar-refractivity contribution in [2.24, 2.45) is 34.5 Å². The normalized spacial score (nSPS) is 53.6. The van der Waals surface area contributed by atoms with Crippen LogP contribution in [0.15, 0.2) is 0 Å². The zero-order valence-corrected chi connectivity index (χ0v) is 19.4. The highest BCUT2D eigenvalue weighted by atomic mass is 15.2. The van der Waals surface area contributed by atoms with Gasteiger partial charge < -0.3 is 4.90 Å². The SMILES string of the molecule is C[C@]12CC[C@H](N3CCCC3)C[C@@H]1CC[C@@H]1[C@@H]2CC[C@]2(C)[C@@H](N3CCCC3)CC[C@@H]12. The lowest BCUT2D eigenvalue weighted by atomic mass is 9.45. The molecule has 0 bridgehead atoms. The molecule has 0 aromatic carbocycles. The van der Waals surface area contributed by atoms with Crippen molar-refractivity contribution in [1.29, 1.82) is 0 Å². The summed E-state index contributed by atoms with van der Waals surface area (Å²) in [4.78, 5) is 5.80. The van der Waals surface area contributed by atoms with Gasteiger partial charge in [0.1, 0.15) is 0 Å². The lowest BCUT2D eigenvalue weighted by molar-refractivity contribution is -0.122. The van der Waals surface area contributed by atoms with Gasteiger partial charge in [-0.1, -0.05) is 13.8 Å². The second-order valence-corrected chi connectivity index (χ2v) is 12.7. The number of rotatable bonds is 2. The van der Waals surface area contributed by atoms with Gasteiger partial charge in [0, 0.05) is 12.1 Å². The molecule has 2 nitrogen and oxygen atoms in total. The minimum atomic E-state index is 0.640. The summed E-state index contributed by atoms with van der Waals surface area (Å²) in [7, 11) is 0. The fourth-order valence-electron chi connectivity index (χ4n) is 10.3. The summed E-state index contributed by atoms with van der Waals surface area (Å²) < 4.78 is 0. The second kappa shape index (κ2) is 7.22. The van der Waals surface area contributed by atoms with Crippen molar-refractivity contribution in [3.63, 3.8) is 0 Å². The molecule has 4 aliphatic carbocycles. The van der Waals surface area contributed by atoms with Crippen LogP contribution in [0, 0.1) is 34.5 Å². The number of fused-ring (bicyclic) bond motifs is 5. The van der Waals surface area contributed by atoms with E-state index in [0.29, 0.717) is 10.8 Å². The molecule has 2 heterocycles. The third kappa shape index (κ3) is 2.94. The van der Waals surface area contributed by atoms with Gasteiger partial charge in [-0.25, -0.2) is 0 Å². The Morgan fingerprint density at radius 1 is 0.621 bits per heavy atom. The monoisotopic (exact) mass is 398 g/mol. The zero-order valence-electron chi connectivity index (χ0n) is 19.4. The highest BCUT2D eigenvalue weighted by molar-refractivity contribution is 5.11. The Labute approximate surface area is 180 Å². The molecule has 8 atom stereocenters. The molecule has 4 saturated carbocycles. The summed E-state index contributed by atoms with van der Waals surface area (Å²) in [5, 5.41) is 0. The molecule has 6 rings (SSSR count). The van der Waals surface area contributed by atoms with Gasteiger partial charge in [0.2, 0.25) is 0 Å². The van der Waals surface area contributed by atoms with E-state index in [-0.39, 0.29) is 0 Å². The maximum absolute atomic E-state index is 2.93. The van der Waals surface area contributed by atoms with E-state index in [9.17, 15) is 0 Å². The molecule has 0 N–H and O–H groups in total. The maximum atomic E-state index is 2.93. The lowest BCUT2D eigenvalue weighted by Crippen LogP contribution is -2.56. The third-order valence-electron chi connectivity index (χ3n) is 11.8. The minimum Gasteiger partial charge on any atom is -0.300 e. The number of nitrogens with zero attached hydrogens (tertiary/aromatic N) is 2. The quantitative estimate of drug-likeness (QED) is 0.566. The smallest absolute Gasteiger partial charge is 0.0152 e. The Kier molecular flexibility index (Phi) is 4.88. The van der Waals surface area contributed by atoms with E-state index >= 15 is 0 Å². The molecule has 6 fully saturated rings. The fourth-order valence-corrected chi connectivity index (χ4v) is 10.3. The molecule has 164 valence electrons. The van der Waals surface area contributed by atoms with Gasteiger partial charge in [0.15, 0.2) is 0 Å². The van der Waals surface area contributed by atoms with Crippen LogP contribution in [0.1, 0.15) is 97.3 Å². The van der Waals surface area contributed by atoms with E-state index in [1.165, 1.54) is 77.5 Å². The predicted octanol–water partition coefficient (Wildman–Crippen LogP) is 5.96. The lowest BCUT2D eigenvalue weighted by Gasteiger charge is -2.62. The van der Waals surface area contributed by atoms with Gasteiger partial charge in [-0.15, -0.1) is 0 Å². The van der Waals surface area contributed by atoms with Crippen molar-refractivity contribution in [3.8, 4) is 0 Å². The fraction of sp³-hybridized carbons (Fsp3) is 1.00. The third-order valence-corrected chi connectivity index (χ3v) is 11.8. The van der Waals surface area contributed by atoms with Gasteiger partial charge in [-0.2, -0.15) is 0 Å². The van der Waals surface area contributed by atoms with Crippen LogP contribution >= 0.6 is 0 Å². The molecule has 0 aromatic heterocycles. The molecule has 2 aliphatic heterocycles.